The van der Waals surface area contributed by atoms with Crippen molar-refractivity contribution in [2.75, 3.05) is 21.2 Å². The molecule has 0 saturated carbocycles. The van der Waals surface area contributed by atoms with Gasteiger partial charge in [0.25, 0.3) is 0 Å². The lowest BCUT2D eigenvalue weighted by molar-refractivity contribution is 0.392. The molecule has 0 aromatic heterocycles. The van der Waals surface area contributed by atoms with Gasteiger partial charge in [-0.2, -0.15) is 0 Å². The molecule has 0 bridgehead atoms. The third-order valence-electron chi connectivity index (χ3n) is 3.02. The van der Waals surface area contributed by atoms with Gasteiger partial charge in [0.2, 0.25) is 0 Å². The van der Waals surface area contributed by atoms with Crippen molar-refractivity contribution in [3.05, 3.63) is 28.3 Å². The molecule has 1 aromatic carbocycles. The fourth-order valence-electron chi connectivity index (χ4n) is 1.90. The van der Waals surface area contributed by atoms with Crippen LogP contribution in [0.2, 0.25) is 0 Å². The minimum absolute atomic E-state index is 0.247. The molecular weight excluding hydrogens is 266 g/mol. The topological polar surface area (TPSA) is 12.5 Å². The van der Waals surface area contributed by atoms with Crippen molar-refractivity contribution >= 4 is 15.9 Å². The van der Waals surface area contributed by atoms with Gasteiger partial charge in [-0.1, -0.05) is 15.9 Å². The standard InChI is InChI=1S/C13H20BrNO/c1-8-7-11(16-6)9(2)10(3)12(8)13(14)15(4)5/h7,13H,1-6H3. The van der Waals surface area contributed by atoms with E-state index in [0.717, 1.165) is 5.75 Å². The molecule has 0 heterocycles. The minimum Gasteiger partial charge on any atom is -0.496 e. The largest absolute Gasteiger partial charge is 0.496 e. The van der Waals surface area contributed by atoms with Crippen LogP contribution < -0.4 is 4.74 Å². The van der Waals surface area contributed by atoms with E-state index in [2.05, 4.69) is 61.8 Å². The molecule has 0 saturated heterocycles. The van der Waals surface area contributed by atoms with Crippen LogP contribution in [0.25, 0.3) is 0 Å². The summed E-state index contributed by atoms with van der Waals surface area (Å²) in [6.07, 6.45) is 0. The van der Waals surface area contributed by atoms with Gasteiger partial charge in [-0.15, -0.1) is 0 Å². The molecule has 1 rings (SSSR count). The van der Waals surface area contributed by atoms with Crippen LogP contribution in [0.5, 0.6) is 5.75 Å². The Bertz CT molecular complexity index is 388. The fraction of sp³-hybridized carbons (Fsp3) is 0.538. The van der Waals surface area contributed by atoms with Gasteiger partial charge in [0.15, 0.2) is 0 Å². The summed E-state index contributed by atoms with van der Waals surface area (Å²) in [6.45, 7) is 6.38. The first kappa shape index (κ1) is 13.5. The van der Waals surface area contributed by atoms with Crippen LogP contribution in [0.1, 0.15) is 27.2 Å². The summed E-state index contributed by atoms with van der Waals surface area (Å²) >= 11 is 3.72. The van der Waals surface area contributed by atoms with Crippen molar-refractivity contribution in [3.8, 4) is 5.75 Å². The van der Waals surface area contributed by atoms with Crippen molar-refractivity contribution in [1.82, 2.24) is 4.90 Å². The van der Waals surface area contributed by atoms with Crippen molar-refractivity contribution in [2.45, 2.75) is 25.7 Å². The van der Waals surface area contributed by atoms with Gasteiger partial charge in [-0.05, 0) is 63.2 Å². The van der Waals surface area contributed by atoms with Crippen molar-refractivity contribution in [3.63, 3.8) is 0 Å². The van der Waals surface area contributed by atoms with Gasteiger partial charge in [0.1, 0.15) is 5.75 Å². The van der Waals surface area contributed by atoms with Crippen molar-refractivity contribution in [1.29, 1.82) is 0 Å². The SMILES string of the molecule is COc1cc(C)c(C(Br)N(C)C)c(C)c1C. The summed E-state index contributed by atoms with van der Waals surface area (Å²) in [5, 5.41) is 0. The number of nitrogens with zero attached hydrogens (tertiary/aromatic N) is 1. The summed E-state index contributed by atoms with van der Waals surface area (Å²) < 4.78 is 5.37. The highest BCUT2D eigenvalue weighted by Crippen LogP contribution is 2.35. The van der Waals surface area contributed by atoms with E-state index in [0.29, 0.717) is 0 Å². The quantitative estimate of drug-likeness (QED) is 0.622. The van der Waals surface area contributed by atoms with E-state index in [4.69, 9.17) is 4.74 Å². The maximum Gasteiger partial charge on any atom is 0.122 e. The van der Waals surface area contributed by atoms with Gasteiger partial charge in [0.05, 0.1) is 12.1 Å². The number of hydrogen-bond donors (Lipinski definition) is 0. The summed E-state index contributed by atoms with van der Waals surface area (Å²) in [7, 11) is 5.86. The Morgan fingerprint density at radius 2 is 1.75 bits per heavy atom. The van der Waals surface area contributed by atoms with Gasteiger partial charge >= 0.3 is 0 Å². The lowest BCUT2D eigenvalue weighted by Crippen LogP contribution is -2.17. The first-order valence-electron chi connectivity index (χ1n) is 5.35. The maximum absolute atomic E-state index is 5.37. The summed E-state index contributed by atoms with van der Waals surface area (Å²) in [5.41, 5.74) is 5.11. The van der Waals surface area contributed by atoms with E-state index in [1.807, 2.05) is 0 Å². The van der Waals surface area contributed by atoms with Crippen LogP contribution in [0.15, 0.2) is 6.07 Å². The number of aryl methyl sites for hydroxylation is 1. The highest BCUT2D eigenvalue weighted by Gasteiger charge is 2.18. The highest BCUT2D eigenvalue weighted by molar-refractivity contribution is 9.09. The molecule has 1 aromatic rings. The predicted molar refractivity (Wildman–Crippen MR) is 72.6 cm³/mol. The average Bonchev–Trinajstić information content (AvgIpc) is 2.23. The van der Waals surface area contributed by atoms with Gasteiger partial charge < -0.3 is 4.74 Å². The molecule has 0 radical (unpaired) electrons. The van der Waals surface area contributed by atoms with E-state index >= 15 is 0 Å². The van der Waals surface area contributed by atoms with E-state index in [9.17, 15) is 0 Å². The lowest BCUT2D eigenvalue weighted by atomic mass is 9.97. The first-order valence-corrected chi connectivity index (χ1v) is 6.26. The molecule has 2 nitrogen and oxygen atoms in total. The number of methoxy groups -OCH3 is 1. The molecule has 90 valence electrons. The molecule has 0 amide bonds. The zero-order valence-corrected chi connectivity index (χ0v) is 12.5. The first-order chi connectivity index (χ1) is 7.40. The van der Waals surface area contributed by atoms with Gasteiger partial charge in [-0.3, -0.25) is 4.90 Å². The van der Waals surface area contributed by atoms with Crippen LogP contribution in [0.4, 0.5) is 0 Å². The predicted octanol–water partition coefficient (Wildman–Crippen LogP) is 3.58. The molecular formula is C13H20BrNO. The fourth-order valence-corrected chi connectivity index (χ4v) is 2.61. The average molecular weight is 286 g/mol. The van der Waals surface area contributed by atoms with Crippen LogP contribution in [0.3, 0.4) is 0 Å². The van der Waals surface area contributed by atoms with Crippen LogP contribution in [-0.4, -0.2) is 26.1 Å². The Hall–Kier alpha value is -0.540. The normalized spacial score (nSPS) is 13.0. The molecule has 0 aliphatic carbocycles. The van der Waals surface area contributed by atoms with E-state index in [1.165, 1.54) is 22.3 Å². The van der Waals surface area contributed by atoms with E-state index in [-0.39, 0.29) is 4.95 Å². The summed E-state index contributed by atoms with van der Waals surface area (Å²) in [6, 6.07) is 2.11. The van der Waals surface area contributed by atoms with Crippen molar-refractivity contribution < 1.29 is 4.74 Å². The Labute approximate surface area is 107 Å². The zero-order chi connectivity index (χ0) is 12.5. The van der Waals surface area contributed by atoms with Crippen LogP contribution in [0, 0.1) is 20.8 Å². The number of ether oxygens (including phenoxy) is 1. The monoisotopic (exact) mass is 285 g/mol. The highest BCUT2D eigenvalue weighted by atomic mass is 79.9. The second-order valence-electron chi connectivity index (χ2n) is 4.36. The van der Waals surface area contributed by atoms with Crippen LogP contribution >= 0.6 is 15.9 Å². The lowest BCUT2D eigenvalue weighted by Gasteiger charge is -2.24. The molecule has 0 aliphatic rings. The second-order valence-corrected chi connectivity index (χ2v) is 5.23. The number of alkyl halides is 1. The molecule has 1 atom stereocenters. The molecule has 0 N–H and O–H groups in total. The Morgan fingerprint density at radius 1 is 1.19 bits per heavy atom. The third kappa shape index (κ3) is 2.41. The van der Waals surface area contributed by atoms with Gasteiger partial charge in [-0.25, -0.2) is 0 Å². The summed E-state index contributed by atoms with van der Waals surface area (Å²) in [5.74, 6) is 0.970. The molecule has 1 unspecified atom stereocenters. The second kappa shape index (κ2) is 5.19. The third-order valence-corrected chi connectivity index (χ3v) is 4.30. The number of halogens is 1. The smallest absolute Gasteiger partial charge is 0.122 e. The number of rotatable bonds is 3. The Morgan fingerprint density at radius 3 is 2.19 bits per heavy atom. The Kier molecular flexibility index (Phi) is 4.39. The molecule has 0 aliphatic heterocycles. The maximum atomic E-state index is 5.37. The molecule has 0 fully saturated rings. The van der Waals surface area contributed by atoms with E-state index < -0.39 is 0 Å². The Balaban J connectivity index is 3.36. The number of benzene rings is 1. The molecule has 3 heteroatoms. The summed E-state index contributed by atoms with van der Waals surface area (Å²) in [4.78, 5) is 2.40. The van der Waals surface area contributed by atoms with Gasteiger partial charge in [0, 0.05) is 0 Å². The number of hydrogen-bond acceptors (Lipinski definition) is 2. The molecule has 0 spiro atoms. The van der Waals surface area contributed by atoms with Crippen LogP contribution in [-0.2, 0) is 0 Å². The zero-order valence-electron chi connectivity index (χ0n) is 10.9. The van der Waals surface area contributed by atoms with E-state index in [1.54, 1.807) is 7.11 Å². The van der Waals surface area contributed by atoms with Crippen molar-refractivity contribution in [2.24, 2.45) is 0 Å². The minimum atomic E-state index is 0.247. The molecule has 16 heavy (non-hydrogen) atoms.